The normalized spacial score (nSPS) is 17.7. The Labute approximate surface area is 139 Å². The number of ether oxygens (including phenoxy) is 1. The van der Waals surface area contributed by atoms with Crippen molar-refractivity contribution in [2.75, 3.05) is 13.1 Å². The van der Waals surface area contributed by atoms with Gasteiger partial charge in [0.25, 0.3) is 0 Å². The molecular formula is C17H22F3NO3. The standard InChI is InChI=1S/C17H22F3NO3/c1-16(2,3)24-15(22)21-6-4-17(23,5-7-21)10-12-13(19)8-11(18)9-14(12)20/h8-9,23H,4-7,10H2,1-3H3. The van der Waals surface area contributed by atoms with E-state index in [4.69, 9.17) is 4.74 Å². The molecule has 0 aliphatic carbocycles. The van der Waals surface area contributed by atoms with Crippen molar-refractivity contribution < 1.29 is 27.8 Å². The molecule has 24 heavy (non-hydrogen) atoms. The summed E-state index contributed by atoms with van der Waals surface area (Å²) in [5, 5.41) is 10.6. The molecule has 1 aliphatic rings. The van der Waals surface area contributed by atoms with Crippen molar-refractivity contribution in [1.82, 2.24) is 4.90 Å². The predicted octanol–water partition coefficient (Wildman–Crippen LogP) is 3.41. The first-order valence-corrected chi connectivity index (χ1v) is 7.83. The van der Waals surface area contributed by atoms with Crippen LogP contribution < -0.4 is 0 Å². The largest absolute Gasteiger partial charge is 0.444 e. The molecule has 1 fully saturated rings. The highest BCUT2D eigenvalue weighted by atomic mass is 19.1. The molecule has 4 nitrogen and oxygen atoms in total. The molecule has 134 valence electrons. The van der Waals surface area contributed by atoms with Crippen molar-refractivity contribution in [3.05, 3.63) is 35.1 Å². The quantitative estimate of drug-likeness (QED) is 0.894. The van der Waals surface area contributed by atoms with Crippen molar-refractivity contribution >= 4 is 6.09 Å². The van der Waals surface area contributed by atoms with Crippen LogP contribution in [0.4, 0.5) is 18.0 Å². The molecule has 1 saturated heterocycles. The third-order valence-corrected chi connectivity index (χ3v) is 3.96. The van der Waals surface area contributed by atoms with Crippen molar-refractivity contribution in [2.24, 2.45) is 0 Å². The number of likely N-dealkylation sites (tertiary alicyclic amines) is 1. The van der Waals surface area contributed by atoms with Gasteiger partial charge in [0.05, 0.1) is 5.60 Å². The fourth-order valence-corrected chi connectivity index (χ4v) is 2.68. The van der Waals surface area contributed by atoms with Gasteiger partial charge in [0.2, 0.25) is 0 Å². The number of nitrogens with zero attached hydrogens (tertiary/aromatic N) is 1. The predicted molar refractivity (Wildman–Crippen MR) is 82.0 cm³/mol. The summed E-state index contributed by atoms with van der Waals surface area (Å²) in [6, 6.07) is 1.19. The summed E-state index contributed by atoms with van der Waals surface area (Å²) in [6.45, 7) is 5.70. The maximum Gasteiger partial charge on any atom is 0.410 e. The highest BCUT2D eigenvalue weighted by Gasteiger charge is 2.36. The summed E-state index contributed by atoms with van der Waals surface area (Å²) >= 11 is 0. The Bertz CT molecular complexity index is 597. The molecule has 0 atom stereocenters. The van der Waals surface area contributed by atoms with Gasteiger partial charge >= 0.3 is 6.09 Å². The average molecular weight is 345 g/mol. The second-order valence-electron chi connectivity index (χ2n) is 7.22. The molecule has 0 bridgehead atoms. The maximum atomic E-state index is 13.8. The number of carbonyl (C=O) groups excluding carboxylic acids is 1. The number of aliphatic hydroxyl groups is 1. The van der Waals surface area contributed by atoms with E-state index in [1.54, 1.807) is 20.8 Å². The summed E-state index contributed by atoms with van der Waals surface area (Å²) in [5.41, 5.74) is -2.31. The van der Waals surface area contributed by atoms with Crippen molar-refractivity contribution in [3.63, 3.8) is 0 Å². The summed E-state index contributed by atoms with van der Waals surface area (Å²) in [5.74, 6) is -3.04. The number of benzene rings is 1. The fourth-order valence-electron chi connectivity index (χ4n) is 2.68. The first kappa shape index (κ1) is 18.6. The van der Waals surface area contributed by atoms with Gasteiger partial charge in [0.15, 0.2) is 0 Å². The zero-order valence-corrected chi connectivity index (χ0v) is 14.0. The molecule has 1 amide bonds. The van der Waals surface area contributed by atoms with Crippen LogP contribution >= 0.6 is 0 Å². The number of piperidine rings is 1. The van der Waals surface area contributed by atoms with Crippen LogP contribution in [0.2, 0.25) is 0 Å². The lowest BCUT2D eigenvalue weighted by atomic mass is 9.85. The van der Waals surface area contributed by atoms with E-state index >= 15 is 0 Å². The molecule has 2 rings (SSSR count). The third-order valence-electron chi connectivity index (χ3n) is 3.96. The Morgan fingerprint density at radius 2 is 1.71 bits per heavy atom. The molecule has 0 unspecified atom stereocenters. The lowest BCUT2D eigenvalue weighted by Crippen LogP contribution is -2.49. The average Bonchev–Trinajstić information content (AvgIpc) is 2.41. The van der Waals surface area contributed by atoms with E-state index in [9.17, 15) is 23.1 Å². The van der Waals surface area contributed by atoms with Crippen molar-refractivity contribution in [2.45, 2.75) is 51.2 Å². The lowest BCUT2D eigenvalue weighted by Gasteiger charge is -2.38. The number of amides is 1. The molecule has 0 saturated carbocycles. The molecule has 1 aliphatic heterocycles. The summed E-state index contributed by atoms with van der Waals surface area (Å²) in [4.78, 5) is 13.4. The van der Waals surface area contributed by atoms with Gasteiger partial charge in [-0.25, -0.2) is 18.0 Å². The molecule has 1 N–H and O–H groups in total. The molecule has 0 radical (unpaired) electrons. The van der Waals surface area contributed by atoms with Gasteiger partial charge in [-0.15, -0.1) is 0 Å². The van der Waals surface area contributed by atoms with E-state index in [1.807, 2.05) is 0 Å². The summed E-state index contributed by atoms with van der Waals surface area (Å²) in [7, 11) is 0. The molecule has 0 spiro atoms. The molecule has 1 aromatic rings. The van der Waals surface area contributed by atoms with Gasteiger partial charge in [-0.1, -0.05) is 0 Å². The summed E-state index contributed by atoms with van der Waals surface area (Å²) in [6.07, 6.45) is -0.443. The maximum absolute atomic E-state index is 13.8. The van der Waals surface area contributed by atoms with Gasteiger partial charge in [0, 0.05) is 37.2 Å². The van der Waals surface area contributed by atoms with Crippen LogP contribution in [0, 0.1) is 17.5 Å². The van der Waals surface area contributed by atoms with Crippen LogP contribution in [0.25, 0.3) is 0 Å². The van der Waals surface area contributed by atoms with Gasteiger partial charge in [-0.3, -0.25) is 0 Å². The molecule has 1 aromatic carbocycles. The van der Waals surface area contributed by atoms with E-state index < -0.39 is 34.7 Å². The van der Waals surface area contributed by atoms with Gasteiger partial charge < -0.3 is 14.7 Å². The molecule has 0 aromatic heterocycles. The Kier molecular flexibility index (Phi) is 5.13. The first-order chi connectivity index (χ1) is 11.0. The number of rotatable bonds is 2. The SMILES string of the molecule is CC(C)(C)OC(=O)N1CCC(O)(Cc2c(F)cc(F)cc2F)CC1. The van der Waals surface area contributed by atoms with E-state index in [1.165, 1.54) is 4.90 Å². The Morgan fingerprint density at radius 1 is 1.21 bits per heavy atom. The van der Waals surface area contributed by atoms with E-state index in [2.05, 4.69) is 0 Å². The number of carbonyl (C=O) groups is 1. The number of hydrogen-bond acceptors (Lipinski definition) is 3. The molecular weight excluding hydrogens is 323 g/mol. The Morgan fingerprint density at radius 3 is 2.17 bits per heavy atom. The lowest BCUT2D eigenvalue weighted by molar-refractivity contribution is -0.0323. The van der Waals surface area contributed by atoms with Crippen LogP contribution in [0.15, 0.2) is 12.1 Å². The zero-order chi connectivity index (χ0) is 18.1. The minimum atomic E-state index is -1.35. The first-order valence-electron chi connectivity index (χ1n) is 7.83. The minimum absolute atomic E-state index is 0.155. The minimum Gasteiger partial charge on any atom is -0.444 e. The van der Waals surface area contributed by atoms with Gasteiger partial charge in [-0.2, -0.15) is 0 Å². The molecule has 7 heteroatoms. The zero-order valence-electron chi connectivity index (χ0n) is 14.0. The highest BCUT2D eigenvalue weighted by molar-refractivity contribution is 5.68. The van der Waals surface area contributed by atoms with Crippen LogP contribution in [0.1, 0.15) is 39.2 Å². The van der Waals surface area contributed by atoms with Gasteiger partial charge in [0.1, 0.15) is 23.1 Å². The Balaban J connectivity index is 2.01. The molecule has 1 heterocycles. The monoisotopic (exact) mass is 345 g/mol. The number of halogens is 3. The van der Waals surface area contributed by atoms with E-state index in [0.29, 0.717) is 12.1 Å². The van der Waals surface area contributed by atoms with E-state index in [-0.39, 0.29) is 37.9 Å². The smallest absolute Gasteiger partial charge is 0.410 e. The van der Waals surface area contributed by atoms with Crippen LogP contribution in [-0.2, 0) is 11.2 Å². The second-order valence-corrected chi connectivity index (χ2v) is 7.22. The second kappa shape index (κ2) is 6.63. The fraction of sp³-hybridized carbons (Fsp3) is 0.588. The third kappa shape index (κ3) is 4.63. The van der Waals surface area contributed by atoms with E-state index in [0.717, 1.165) is 0 Å². The summed E-state index contributed by atoms with van der Waals surface area (Å²) < 4.78 is 45.7. The van der Waals surface area contributed by atoms with Crippen molar-refractivity contribution in [1.29, 1.82) is 0 Å². The topological polar surface area (TPSA) is 49.8 Å². The highest BCUT2D eigenvalue weighted by Crippen LogP contribution is 2.29. The Hall–Kier alpha value is -1.76. The van der Waals surface area contributed by atoms with Crippen molar-refractivity contribution in [3.8, 4) is 0 Å². The number of hydrogen-bond donors (Lipinski definition) is 1. The van der Waals surface area contributed by atoms with Crippen LogP contribution in [-0.4, -0.2) is 40.4 Å². The van der Waals surface area contributed by atoms with Crippen LogP contribution in [0.3, 0.4) is 0 Å². The van der Waals surface area contributed by atoms with Crippen LogP contribution in [0.5, 0.6) is 0 Å². The van der Waals surface area contributed by atoms with Gasteiger partial charge in [-0.05, 0) is 33.6 Å².